The zero-order chi connectivity index (χ0) is 22.9. The van der Waals surface area contributed by atoms with Gasteiger partial charge in [0.15, 0.2) is 0 Å². The van der Waals surface area contributed by atoms with Crippen molar-refractivity contribution in [1.29, 1.82) is 0 Å². The standard InChI is InChI=1S/C27H21NO5/c1-2-32-19-11-6-10-18(16-19)28-24(22-14-7-15-33-22)23(26(30)27(28)31)25(29)21-13-5-9-17-8-3-4-12-20(17)21/h3-16,24,29H,2H2,1H3/b25-23-. The van der Waals surface area contributed by atoms with Crippen molar-refractivity contribution in [3.05, 3.63) is 102 Å². The maximum absolute atomic E-state index is 13.3. The average molecular weight is 439 g/mol. The Kier molecular flexibility index (Phi) is 5.18. The molecule has 1 fully saturated rings. The van der Waals surface area contributed by atoms with Crippen LogP contribution in [-0.4, -0.2) is 23.4 Å². The van der Waals surface area contributed by atoms with Crippen molar-refractivity contribution in [2.45, 2.75) is 13.0 Å². The van der Waals surface area contributed by atoms with Gasteiger partial charge in [-0.1, -0.05) is 48.5 Å². The van der Waals surface area contributed by atoms with Crippen LogP contribution in [0.2, 0.25) is 0 Å². The molecule has 6 nitrogen and oxygen atoms in total. The number of hydrogen-bond donors (Lipinski definition) is 1. The van der Waals surface area contributed by atoms with E-state index in [1.165, 1.54) is 11.2 Å². The molecule has 0 bridgehead atoms. The topological polar surface area (TPSA) is 80.0 Å². The second kappa shape index (κ2) is 8.31. The van der Waals surface area contributed by atoms with Crippen molar-refractivity contribution in [3.63, 3.8) is 0 Å². The van der Waals surface area contributed by atoms with Crippen LogP contribution in [0.5, 0.6) is 5.75 Å². The van der Waals surface area contributed by atoms with Gasteiger partial charge in [-0.25, -0.2) is 0 Å². The number of benzene rings is 3. The molecule has 4 aromatic rings. The number of carbonyl (C=O) groups excluding carboxylic acids is 2. The van der Waals surface area contributed by atoms with Crippen molar-refractivity contribution in [2.24, 2.45) is 0 Å². The third-order valence-electron chi connectivity index (χ3n) is 5.71. The highest BCUT2D eigenvalue weighted by atomic mass is 16.5. The molecule has 164 valence electrons. The highest BCUT2D eigenvalue weighted by Gasteiger charge is 2.48. The molecular formula is C27H21NO5. The van der Waals surface area contributed by atoms with Crippen LogP contribution in [0.25, 0.3) is 16.5 Å². The van der Waals surface area contributed by atoms with Crippen LogP contribution < -0.4 is 9.64 Å². The van der Waals surface area contributed by atoms with E-state index in [1.54, 1.807) is 48.5 Å². The van der Waals surface area contributed by atoms with E-state index in [0.717, 1.165) is 10.8 Å². The Bertz CT molecular complexity index is 1380. The molecule has 1 aliphatic rings. The molecular weight excluding hydrogens is 418 g/mol. The number of nitrogens with zero attached hydrogens (tertiary/aromatic N) is 1. The first-order chi connectivity index (χ1) is 16.1. The largest absolute Gasteiger partial charge is 0.507 e. The summed E-state index contributed by atoms with van der Waals surface area (Å²) in [5.74, 6) is -0.813. The Morgan fingerprint density at radius 2 is 1.79 bits per heavy atom. The van der Waals surface area contributed by atoms with Gasteiger partial charge < -0.3 is 14.3 Å². The predicted molar refractivity (Wildman–Crippen MR) is 125 cm³/mol. The number of ketones is 1. The van der Waals surface area contributed by atoms with E-state index >= 15 is 0 Å². The third kappa shape index (κ3) is 3.46. The highest BCUT2D eigenvalue weighted by Crippen LogP contribution is 2.43. The van der Waals surface area contributed by atoms with Crippen molar-refractivity contribution in [2.75, 3.05) is 11.5 Å². The van der Waals surface area contributed by atoms with E-state index in [2.05, 4.69) is 0 Å². The molecule has 1 aromatic heterocycles. The summed E-state index contributed by atoms with van der Waals surface area (Å²) >= 11 is 0. The molecule has 5 rings (SSSR count). The Labute approximate surface area is 190 Å². The first-order valence-corrected chi connectivity index (χ1v) is 10.7. The minimum Gasteiger partial charge on any atom is -0.507 e. The fraction of sp³-hybridized carbons (Fsp3) is 0.111. The lowest BCUT2D eigenvalue weighted by molar-refractivity contribution is -0.132. The van der Waals surface area contributed by atoms with Gasteiger partial charge in [0.2, 0.25) is 0 Å². The van der Waals surface area contributed by atoms with Crippen molar-refractivity contribution < 1.29 is 23.8 Å². The summed E-state index contributed by atoms with van der Waals surface area (Å²) in [5, 5.41) is 13.1. The zero-order valence-corrected chi connectivity index (χ0v) is 17.9. The van der Waals surface area contributed by atoms with Gasteiger partial charge in [-0.2, -0.15) is 0 Å². The summed E-state index contributed by atoms with van der Waals surface area (Å²) in [6.45, 7) is 2.33. The predicted octanol–water partition coefficient (Wildman–Crippen LogP) is 5.46. The molecule has 1 unspecified atom stereocenters. The molecule has 1 atom stereocenters. The average Bonchev–Trinajstić information content (AvgIpc) is 3.45. The molecule has 1 amide bonds. The Hall–Kier alpha value is -4.32. The number of amides is 1. The fourth-order valence-corrected chi connectivity index (χ4v) is 4.28. The fourth-order valence-electron chi connectivity index (χ4n) is 4.28. The molecule has 2 heterocycles. The van der Waals surface area contributed by atoms with E-state index in [0.29, 0.717) is 29.4 Å². The van der Waals surface area contributed by atoms with Crippen molar-refractivity contribution >= 4 is 33.9 Å². The summed E-state index contributed by atoms with van der Waals surface area (Å²) in [6, 6.07) is 22.4. The lowest BCUT2D eigenvalue weighted by atomic mass is 9.96. The number of hydrogen-bond acceptors (Lipinski definition) is 5. The lowest BCUT2D eigenvalue weighted by Gasteiger charge is -2.24. The van der Waals surface area contributed by atoms with Gasteiger partial charge in [0.25, 0.3) is 11.7 Å². The summed E-state index contributed by atoms with van der Waals surface area (Å²) in [7, 11) is 0. The number of aliphatic hydroxyl groups is 1. The first kappa shape index (κ1) is 20.6. The molecule has 0 radical (unpaired) electrons. The molecule has 1 aliphatic heterocycles. The lowest BCUT2D eigenvalue weighted by Crippen LogP contribution is -2.29. The third-order valence-corrected chi connectivity index (χ3v) is 5.71. The molecule has 0 aliphatic carbocycles. The van der Waals surface area contributed by atoms with Gasteiger partial charge in [0.1, 0.15) is 23.3 Å². The number of ether oxygens (including phenoxy) is 1. The Morgan fingerprint density at radius 1 is 1.00 bits per heavy atom. The smallest absolute Gasteiger partial charge is 0.300 e. The number of aliphatic hydroxyl groups excluding tert-OH is 1. The van der Waals surface area contributed by atoms with Gasteiger partial charge >= 0.3 is 0 Å². The minimum absolute atomic E-state index is 0.0203. The van der Waals surface area contributed by atoms with Crippen LogP contribution in [0.1, 0.15) is 24.3 Å². The van der Waals surface area contributed by atoms with Gasteiger partial charge in [-0.15, -0.1) is 0 Å². The van der Waals surface area contributed by atoms with Gasteiger partial charge in [0.05, 0.1) is 18.4 Å². The van der Waals surface area contributed by atoms with Gasteiger partial charge in [-0.3, -0.25) is 14.5 Å². The van der Waals surface area contributed by atoms with Crippen LogP contribution in [-0.2, 0) is 9.59 Å². The number of Topliss-reactive ketones (excluding diaryl/α,β-unsaturated/α-hetero) is 1. The molecule has 33 heavy (non-hydrogen) atoms. The molecule has 0 spiro atoms. The molecule has 1 N–H and O–H groups in total. The Balaban J connectivity index is 1.73. The van der Waals surface area contributed by atoms with E-state index < -0.39 is 17.7 Å². The maximum atomic E-state index is 13.3. The number of furan rings is 1. The Morgan fingerprint density at radius 3 is 2.58 bits per heavy atom. The molecule has 3 aromatic carbocycles. The van der Waals surface area contributed by atoms with Crippen molar-refractivity contribution in [3.8, 4) is 5.75 Å². The van der Waals surface area contributed by atoms with Crippen molar-refractivity contribution in [1.82, 2.24) is 0 Å². The van der Waals surface area contributed by atoms with Crippen LogP contribution in [0.3, 0.4) is 0 Å². The number of carbonyl (C=O) groups is 2. The van der Waals surface area contributed by atoms with E-state index in [9.17, 15) is 14.7 Å². The highest BCUT2D eigenvalue weighted by molar-refractivity contribution is 6.51. The van der Waals surface area contributed by atoms with E-state index in [4.69, 9.17) is 9.15 Å². The van der Waals surface area contributed by atoms with E-state index in [1.807, 2.05) is 37.3 Å². The number of fused-ring (bicyclic) bond motifs is 1. The zero-order valence-electron chi connectivity index (χ0n) is 17.9. The molecule has 0 saturated carbocycles. The second-order valence-corrected chi connectivity index (χ2v) is 7.64. The monoisotopic (exact) mass is 439 g/mol. The van der Waals surface area contributed by atoms with Crippen LogP contribution in [0.4, 0.5) is 5.69 Å². The number of anilines is 1. The normalized spacial score (nSPS) is 17.6. The molecule has 6 heteroatoms. The quantitative estimate of drug-likeness (QED) is 0.254. The number of rotatable bonds is 5. The second-order valence-electron chi connectivity index (χ2n) is 7.64. The van der Waals surface area contributed by atoms with Gasteiger partial charge in [0, 0.05) is 17.3 Å². The van der Waals surface area contributed by atoms with Crippen LogP contribution in [0.15, 0.2) is 95.1 Å². The summed E-state index contributed by atoms with van der Waals surface area (Å²) in [6.07, 6.45) is 1.48. The molecule has 1 saturated heterocycles. The summed E-state index contributed by atoms with van der Waals surface area (Å²) < 4.78 is 11.2. The van der Waals surface area contributed by atoms with E-state index in [-0.39, 0.29) is 11.3 Å². The minimum atomic E-state index is -0.921. The van der Waals surface area contributed by atoms with Gasteiger partial charge in [-0.05, 0) is 42.0 Å². The summed E-state index contributed by atoms with van der Waals surface area (Å²) in [5.41, 5.74) is 0.931. The van der Waals surface area contributed by atoms with Crippen LogP contribution in [0, 0.1) is 0 Å². The first-order valence-electron chi connectivity index (χ1n) is 10.7. The summed E-state index contributed by atoms with van der Waals surface area (Å²) in [4.78, 5) is 27.9. The van der Waals surface area contributed by atoms with Crippen LogP contribution >= 0.6 is 0 Å². The maximum Gasteiger partial charge on any atom is 0.300 e. The SMILES string of the molecule is CCOc1cccc(N2C(=O)C(=O)/C(=C(\O)c3cccc4ccccc34)C2c2ccco2)c1.